The summed E-state index contributed by atoms with van der Waals surface area (Å²) in [5.74, 6) is -0.0233. The van der Waals surface area contributed by atoms with Gasteiger partial charge in [0, 0.05) is 18.7 Å². The molecule has 6 heteroatoms. The molecule has 1 N–H and O–H groups in total. The van der Waals surface area contributed by atoms with E-state index in [9.17, 15) is 4.39 Å². The lowest BCUT2D eigenvalue weighted by Gasteiger charge is -2.28. The molecule has 0 amide bonds. The number of nitrogens with one attached hydrogen (secondary N) is 1. The Bertz CT molecular complexity index is 542. The summed E-state index contributed by atoms with van der Waals surface area (Å²) in [4.78, 5) is 4.13. The quantitative estimate of drug-likeness (QED) is 0.860. The summed E-state index contributed by atoms with van der Waals surface area (Å²) in [5.41, 5.74) is 2.97. The van der Waals surface area contributed by atoms with Crippen molar-refractivity contribution in [3.63, 3.8) is 0 Å². The molecule has 2 aromatic rings. The Labute approximate surface area is 111 Å². The highest BCUT2D eigenvalue weighted by molar-refractivity contribution is 5.85. The van der Waals surface area contributed by atoms with Gasteiger partial charge in [-0.05, 0) is 37.1 Å². The monoisotopic (exact) mass is 270 g/mol. The number of piperidine rings is 1. The Morgan fingerprint density at radius 3 is 3.11 bits per heavy atom. The number of hydrogen-bond acceptors (Lipinski definition) is 3. The van der Waals surface area contributed by atoms with Crippen molar-refractivity contribution in [3.8, 4) is 0 Å². The zero-order chi connectivity index (χ0) is 11.8. The predicted molar refractivity (Wildman–Crippen MR) is 70.1 cm³/mol. The van der Waals surface area contributed by atoms with Gasteiger partial charge in [-0.15, -0.1) is 12.4 Å². The fraction of sp³-hybridized carbons (Fsp3) is 0.500. The molecule has 2 atom stereocenters. The summed E-state index contributed by atoms with van der Waals surface area (Å²) in [5, 5.41) is 7.18. The van der Waals surface area contributed by atoms with Crippen LogP contribution in [-0.4, -0.2) is 33.9 Å². The SMILES string of the molecule is Cc1cc2ncnn2cc1[C@@H]1CCNC[C@H]1F.Cl. The molecule has 3 rings (SSSR count). The highest BCUT2D eigenvalue weighted by atomic mass is 35.5. The summed E-state index contributed by atoms with van der Waals surface area (Å²) in [6, 6.07) is 1.97. The maximum absolute atomic E-state index is 13.9. The van der Waals surface area contributed by atoms with Crippen LogP contribution < -0.4 is 5.32 Å². The number of fused-ring (bicyclic) bond motifs is 1. The lowest BCUT2D eigenvalue weighted by molar-refractivity contribution is 0.230. The van der Waals surface area contributed by atoms with Gasteiger partial charge in [0.2, 0.25) is 0 Å². The van der Waals surface area contributed by atoms with Crippen LogP contribution in [-0.2, 0) is 0 Å². The number of rotatable bonds is 1. The Morgan fingerprint density at radius 1 is 1.50 bits per heavy atom. The van der Waals surface area contributed by atoms with Gasteiger partial charge in [-0.3, -0.25) is 0 Å². The van der Waals surface area contributed by atoms with Crippen LogP contribution in [0.1, 0.15) is 23.5 Å². The van der Waals surface area contributed by atoms with Crippen molar-refractivity contribution < 1.29 is 4.39 Å². The van der Waals surface area contributed by atoms with Gasteiger partial charge in [0.05, 0.1) is 0 Å². The molecule has 3 heterocycles. The molecule has 0 saturated carbocycles. The van der Waals surface area contributed by atoms with Crippen molar-refractivity contribution in [1.82, 2.24) is 19.9 Å². The molecule has 4 nitrogen and oxygen atoms in total. The van der Waals surface area contributed by atoms with Crippen LogP contribution >= 0.6 is 12.4 Å². The van der Waals surface area contributed by atoms with Gasteiger partial charge in [-0.1, -0.05) is 0 Å². The van der Waals surface area contributed by atoms with Crippen LogP contribution in [0.15, 0.2) is 18.6 Å². The number of halogens is 2. The summed E-state index contributed by atoms with van der Waals surface area (Å²) < 4.78 is 15.7. The van der Waals surface area contributed by atoms with Crippen LogP contribution in [0, 0.1) is 6.92 Å². The first kappa shape index (κ1) is 13.2. The molecule has 0 spiro atoms. The van der Waals surface area contributed by atoms with E-state index in [0.29, 0.717) is 6.54 Å². The maximum atomic E-state index is 13.9. The standard InChI is InChI=1S/C12H15FN4.ClH/c1-8-4-12-15-7-16-17(12)6-10(8)9-2-3-14-5-11(9)13;/h4,6-7,9,11,14H,2-3,5H2,1H3;1H/t9-,11+;/m0./s1. The first-order valence-electron chi connectivity index (χ1n) is 5.90. The molecule has 1 fully saturated rings. The average Bonchev–Trinajstić information content (AvgIpc) is 2.76. The molecule has 1 aliphatic rings. The van der Waals surface area contributed by atoms with Crippen LogP contribution in [0.25, 0.3) is 5.65 Å². The third-order valence-electron chi connectivity index (χ3n) is 3.47. The average molecular weight is 271 g/mol. The highest BCUT2D eigenvalue weighted by Gasteiger charge is 2.27. The van der Waals surface area contributed by atoms with Crippen molar-refractivity contribution in [2.75, 3.05) is 13.1 Å². The number of aryl methyl sites for hydroxylation is 1. The van der Waals surface area contributed by atoms with E-state index in [0.717, 1.165) is 29.7 Å². The van der Waals surface area contributed by atoms with E-state index < -0.39 is 6.17 Å². The minimum Gasteiger partial charge on any atom is -0.314 e. The molecule has 1 saturated heterocycles. The fourth-order valence-electron chi connectivity index (χ4n) is 2.53. The molecular formula is C12H16ClFN4. The van der Waals surface area contributed by atoms with E-state index in [1.165, 1.54) is 6.33 Å². The second kappa shape index (κ2) is 5.20. The van der Waals surface area contributed by atoms with E-state index in [4.69, 9.17) is 0 Å². The molecule has 0 aliphatic carbocycles. The van der Waals surface area contributed by atoms with E-state index >= 15 is 0 Å². The zero-order valence-electron chi connectivity index (χ0n) is 10.1. The van der Waals surface area contributed by atoms with Crippen LogP contribution in [0.2, 0.25) is 0 Å². The normalized spacial score (nSPS) is 23.9. The molecule has 0 unspecified atom stereocenters. The van der Waals surface area contributed by atoms with Gasteiger partial charge in [0.15, 0.2) is 5.65 Å². The van der Waals surface area contributed by atoms with E-state index in [-0.39, 0.29) is 18.3 Å². The lowest BCUT2D eigenvalue weighted by atomic mass is 9.87. The number of nitrogens with zero attached hydrogens (tertiary/aromatic N) is 3. The minimum absolute atomic E-state index is 0. The number of hydrogen-bond donors (Lipinski definition) is 1. The van der Waals surface area contributed by atoms with E-state index in [2.05, 4.69) is 15.4 Å². The van der Waals surface area contributed by atoms with Crippen LogP contribution in [0.5, 0.6) is 0 Å². The summed E-state index contributed by atoms with van der Waals surface area (Å²) in [6.45, 7) is 3.33. The van der Waals surface area contributed by atoms with Crippen molar-refractivity contribution in [2.45, 2.75) is 25.4 Å². The Hall–Kier alpha value is -1.20. The van der Waals surface area contributed by atoms with Crippen molar-refractivity contribution in [1.29, 1.82) is 0 Å². The van der Waals surface area contributed by atoms with Crippen molar-refractivity contribution >= 4 is 18.1 Å². The second-order valence-corrected chi connectivity index (χ2v) is 4.59. The lowest BCUT2D eigenvalue weighted by Crippen LogP contribution is -2.37. The molecule has 0 bridgehead atoms. The first-order valence-corrected chi connectivity index (χ1v) is 5.90. The third-order valence-corrected chi connectivity index (χ3v) is 3.47. The summed E-state index contributed by atoms with van der Waals surface area (Å²) in [7, 11) is 0. The second-order valence-electron chi connectivity index (χ2n) is 4.59. The molecule has 0 radical (unpaired) electrons. The number of alkyl halides is 1. The van der Waals surface area contributed by atoms with E-state index in [1.54, 1.807) is 4.52 Å². The summed E-state index contributed by atoms with van der Waals surface area (Å²) in [6.07, 6.45) is 3.46. The van der Waals surface area contributed by atoms with Crippen LogP contribution in [0.3, 0.4) is 0 Å². The Kier molecular flexibility index (Phi) is 3.82. The topological polar surface area (TPSA) is 42.2 Å². The van der Waals surface area contributed by atoms with Gasteiger partial charge < -0.3 is 5.32 Å². The Morgan fingerprint density at radius 2 is 2.33 bits per heavy atom. The highest BCUT2D eigenvalue weighted by Crippen LogP contribution is 2.30. The molecular weight excluding hydrogens is 255 g/mol. The molecule has 2 aromatic heterocycles. The number of pyridine rings is 1. The molecule has 18 heavy (non-hydrogen) atoms. The first-order chi connectivity index (χ1) is 8.25. The molecule has 1 aliphatic heterocycles. The van der Waals surface area contributed by atoms with Crippen LogP contribution in [0.4, 0.5) is 4.39 Å². The largest absolute Gasteiger partial charge is 0.314 e. The van der Waals surface area contributed by atoms with Gasteiger partial charge in [-0.25, -0.2) is 13.9 Å². The fourth-order valence-corrected chi connectivity index (χ4v) is 2.53. The predicted octanol–water partition coefficient (Wildman–Crippen LogP) is 1.87. The van der Waals surface area contributed by atoms with Gasteiger partial charge in [0.25, 0.3) is 0 Å². The molecule has 0 aromatic carbocycles. The number of aromatic nitrogens is 3. The maximum Gasteiger partial charge on any atom is 0.155 e. The minimum atomic E-state index is -0.816. The summed E-state index contributed by atoms with van der Waals surface area (Å²) >= 11 is 0. The van der Waals surface area contributed by atoms with Gasteiger partial charge in [-0.2, -0.15) is 5.10 Å². The van der Waals surface area contributed by atoms with Gasteiger partial charge in [0.1, 0.15) is 12.5 Å². The van der Waals surface area contributed by atoms with Crippen molar-refractivity contribution in [2.24, 2.45) is 0 Å². The smallest absolute Gasteiger partial charge is 0.155 e. The molecule has 98 valence electrons. The zero-order valence-corrected chi connectivity index (χ0v) is 11.0. The van der Waals surface area contributed by atoms with Gasteiger partial charge >= 0.3 is 0 Å². The third kappa shape index (κ3) is 2.20. The van der Waals surface area contributed by atoms with E-state index in [1.807, 2.05) is 19.2 Å². The Balaban J connectivity index is 0.00000120. The van der Waals surface area contributed by atoms with Crippen molar-refractivity contribution in [3.05, 3.63) is 29.7 Å².